The van der Waals surface area contributed by atoms with Crippen molar-refractivity contribution in [3.05, 3.63) is 12.4 Å². The zero-order valence-corrected chi connectivity index (χ0v) is 11.1. The van der Waals surface area contributed by atoms with Crippen LogP contribution in [-0.4, -0.2) is 35.2 Å². The average Bonchev–Trinajstić information content (AvgIpc) is 2.82. The Labute approximate surface area is 108 Å². The summed E-state index contributed by atoms with van der Waals surface area (Å²) in [5.74, 6) is 1.36. The number of nitrogens with zero attached hydrogens (tertiary/aromatic N) is 2. The summed E-state index contributed by atoms with van der Waals surface area (Å²) in [5.41, 5.74) is 0. The van der Waals surface area contributed by atoms with Gasteiger partial charge in [0.1, 0.15) is 5.82 Å². The number of hydrogen-bond donors (Lipinski definition) is 2. The van der Waals surface area contributed by atoms with Crippen LogP contribution in [0.15, 0.2) is 12.4 Å². The third-order valence-corrected chi connectivity index (χ3v) is 2.93. The number of nitrogens with one attached hydrogen (secondary N) is 2. The molecule has 0 aromatic carbocycles. The van der Waals surface area contributed by atoms with Gasteiger partial charge in [-0.1, -0.05) is 0 Å². The molecule has 1 aromatic rings. The van der Waals surface area contributed by atoms with E-state index in [1.54, 1.807) is 12.4 Å². The largest absolute Gasteiger partial charge is 0.474 e. The van der Waals surface area contributed by atoms with E-state index in [1.165, 1.54) is 12.8 Å². The minimum Gasteiger partial charge on any atom is -0.474 e. The molecule has 2 heterocycles. The smallest absolute Gasteiger partial charge is 0.234 e. The van der Waals surface area contributed by atoms with E-state index in [4.69, 9.17) is 4.74 Å². The Morgan fingerprint density at radius 2 is 2.39 bits per heavy atom. The van der Waals surface area contributed by atoms with Crippen molar-refractivity contribution in [1.29, 1.82) is 0 Å². The summed E-state index contributed by atoms with van der Waals surface area (Å²) in [6.45, 7) is 6.03. The molecule has 0 saturated carbocycles. The second-order valence-electron chi connectivity index (χ2n) is 4.92. The molecule has 5 heteroatoms. The second-order valence-corrected chi connectivity index (χ2v) is 4.92. The maximum absolute atomic E-state index is 5.51. The minimum absolute atomic E-state index is 0.122. The molecule has 1 aliphatic rings. The van der Waals surface area contributed by atoms with Gasteiger partial charge in [0.25, 0.3) is 0 Å². The lowest BCUT2D eigenvalue weighted by Gasteiger charge is -2.12. The third kappa shape index (κ3) is 4.14. The van der Waals surface area contributed by atoms with Crippen molar-refractivity contribution in [2.24, 2.45) is 0 Å². The number of rotatable bonds is 6. The van der Waals surface area contributed by atoms with Crippen LogP contribution in [0.4, 0.5) is 5.82 Å². The Morgan fingerprint density at radius 3 is 3.11 bits per heavy atom. The lowest BCUT2D eigenvalue weighted by atomic mass is 10.1. The zero-order chi connectivity index (χ0) is 12.8. The van der Waals surface area contributed by atoms with E-state index in [0.29, 0.717) is 11.9 Å². The SMILES string of the molecule is CC(C)Oc1cncc(NCC[C@@H]2CCCN2)n1. The first-order valence-corrected chi connectivity index (χ1v) is 6.70. The first-order valence-electron chi connectivity index (χ1n) is 6.70. The van der Waals surface area contributed by atoms with E-state index in [-0.39, 0.29) is 6.10 Å². The van der Waals surface area contributed by atoms with Crippen molar-refractivity contribution in [2.75, 3.05) is 18.4 Å². The third-order valence-electron chi connectivity index (χ3n) is 2.93. The Morgan fingerprint density at radius 1 is 1.50 bits per heavy atom. The average molecular weight is 250 g/mol. The van der Waals surface area contributed by atoms with E-state index < -0.39 is 0 Å². The predicted molar refractivity (Wildman–Crippen MR) is 71.9 cm³/mol. The second kappa shape index (κ2) is 6.54. The summed E-state index contributed by atoms with van der Waals surface area (Å²) in [7, 11) is 0. The highest BCUT2D eigenvalue weighted by molar-refractivity contribution is 5.33. The molecule has 1 fully saturated rings. The van der Waals surface area contributed by atoms with Crippen LogP contribution in [0, 0.1) is 0 Å². The van der Waals surface area contributed by atoms with Crippen LogP contribution < -0.4 is 15.4 Å². The highest BCUT2D eigenvalue weighted by Gasteiger charge is 2.13. The van der Waals surface area contributed by atoms with Gasteiger partial charge >= 0.3 is 0 Å². The molecule has 1 aromatic heterocycles. The van der Waals surface area contributed by atoms with E-state index >= 15 is 0 Å². The van der Waals surface area contributed by atoms with Gasteiger partial charge in [-0.2, -0.15) is 4.98 Å². The molecular weight excluding hydrogens is 228 g/mol. The van der Waals surface area contributed by atoms with Crippen molar-refractivity contribution < 1.29 is 4.74 Å². The van der Waals surface area contributed by atoms with Gasteiger partial charge in [-0.15, -0.1) is 0 Å². The fraction of sp³-hybridized carbons (Fsp3) is 0.692. The molecule has 1 atom stereocenters. The van der Waals surface area contributed by atoms with Crippen LogP contribution in [0.25, 0.3) is 0 Å². The van der Waals surface area contributed by atoms with E-state index in [0.717, 1.165) is 25.3 Å². The van der Waals surface area contributed by atoms with Crippen LogP contribution >= 0.6 is 0 Å². The Balaban J connectivity index is 1.77. The molecule has 0 radical (unpaired) electrons. The molecule has 2 N–H and O–H groups in total. The van der Waals surface area contributed by atoms with E-state index in [9.17, 15) is 0 Å². The molecule has 1 saturated heterocycles. The molecule has 2 rings (SSSR count). The van der Waals surface area contributed by atoms with Crippen LogP contribution in [0.2, 0.25) is 0 Å². The highest BCUT2D eigenvalue weighted by atomic mass is 16.5. The van der Waals surface area contributed by atoms with Crippen molar-refractivity contribution >= 4 is 5.82 Å². The van der Waals surface area contributed by atoms with Crippen LogP contribution in [0.3, 0.4) is 0 Å². The Bertz CT molecular complexity index is 364. The van der Waals surface area contributed by atoms with Crippen LogP contribution in [0.1, 0.15) is 33.1 Å². The van der Waals surface area contributed by atoms with Gasteiger partial charge in [0.15, 0.2) is 0 Å². The van der Waals surface area contributed by atoms with E-state index in [1.807, 2.05) is 13.8 Å². The minimum atomic E-state index is 0.122. The Hall–Kier alpha value is -1.36. The van der Waals surface area contributed by atoms with Gasteiger partial charge < -0.3 is 15.4 Å². The highest BCUT2D eigenvalue weighted by Crippen LogP contribution is 2.12. The maximum Gasteiger partial charge on any atom is 0.234 e. The molecule has 0 aliphatic carbocycles. The van der Waals surface area contributed by atoms with Gasteiger partial charge in [0, 0.05) is 12.6 Å². The summed E-state index contributed by atoms with van der Waals surface area (Å²) >= 11 is 0. The monoisotopic (exact) mass is 250 g/mol. The summed E-state index contributed by atoms with van der Waals surface area (Å²) in [6.07, 6.45) is 7.19. The van der Waals surface area contributed by atoms with Crippen molar-refractivity contribution in [3.63, 3.8) is 0 Å². The summed E-state index contributed by atoms with van der Waals surface area (Å²) in [6, 6.07) is 0.653. The van der Waals surface area contributed by atoms with Crippen molar-refractivity contribution in [1.82, 2.24) is 15.3 Å². The molecule has 1 aliphatic heterocycles. The molecule has 0 spiro atoms. The van der Waals surface area contributed by atoms with E-state index in [2.05, 4.69) is 20.6 Å². The normalized spacial score (nSPS) is 19.2. The fourth-order valence-electron chi connectivity index (χ4n) is 2.11. The van der Waals surface area contributed by atoms with Crippen LogP contribution in [-0.2, 0) is 0 Å². The molecule has 100 valence electrons. The quantitative estimate of drug-likeness (QED) is 0.806. The van der Waals surface area contributed by atoms with Gasteiger partial charge in [-0.3, -0.25) is 4.98 Å². The predicted octanol–water partition coefficient (Wildman–Crippen LogP) is 1.82. The maximum atomic E-state index is 5.51. The summed E-state index contributed by atoms with van der Waals surface area (Å²) < 4.78 is 5.51. The standard InChI is InChI=1S/C13H22N4O/c1-10(2)18-13-9-14-8-12(17-13)16-7-5-11-4-3-6-15-11/h8-11,15H,3-7H2,1-2H3,(H,16,17)/t11-/m0/s1. The van der Waals surface area contributed by atoms with Gasteiger partial charge in [0.05, 0.1) is 18.5 Å². The topological polar surface area (TPSA) is 59.1 Å². The molecule has 0 amide bonds. The molecule has 5 nitrogen and oxygen atoms in total. The summed E-state index contributed by atoms with van der Waals surface area (Å²) in [4.78, 5) is 8.48. The molecule has 18 heavy (non-hydrogen) atoms. The lowest BCUT2D eigenvalue weighted by Crippen LogP contribution is -2.24. The van der Waals surface area contributed by atoms with Crippen molar-refractivity contribution in [3.8, 4) is 5.88 Å². The first kappa shape index (κ1) is 13.1. The first-order chi connectivity index (χ1) is 8.74. The lowest BCUT2D eigenvalue weighted by molar-refractivity contribution is 0.232. The van der Waals surface area contributed by atoms with Crippen LogP contribution in [0.5, 0.6) is 5.88 Å². The molecular formula is C13H22N4O. The summed E-state index contributed by atoms with van der Waals surface area (Å²) in [5, 5.41) is 6.77. The molecule has 0 unspecified atom stereocenters. The number of ether oxygens (including phenoxy) is 1. The fourth-order valence-corrected chi connectivity index (χ4v) is 2.11. The Kier molecular flexibility index (Phi) is 4.75. The van der Waals surface area contributed by atoms with Gasteiger partial charge in [-0.05, 0) is 39.7 Å². The number of anilines is 1. The number of aromatic nitrogens is 2. The van der Waals surface area contributed by atoms with Crippen molar-refractivity contribution in [2.45, 2.75) is 45.3 Å². The number of hydrogen-bond acceptors (Lipinski definition) is 5. The van der Waals surface area contributed by atoms with Gasteiger partial charge in [-0.25, -0.2) is 0 Å². The zero-order valence-electron chi connectivity index (χ0n) is 11.1. The molecule has 0 bridgehead atoms. The van der Waals surface area contributed by atoms with Gasteiger partial charge in [0.2, 0.25) is 5.88 Å².